The smallest absolute Gasteiger partial charge is 0.261 e. The van der Waals surface area contributed by atoms with Crippen LogP contribution in [-0.4, -0.2) is 34.6 Å². The van der Waals surface area contributed by atoms with E-state index in [9.17, 15) is 4.79 Å². The second kappa shape index (κ2) is 5.53. The molecule has 0 amide bonds. The first kappa shape index (κ1) is 13.7. The van der Waals surface area contributed by atoms with Crippen LogP contribution in [-0.2, 0) is 6.54 Å². The molecule has 0 bridgehead atoms. The minimum Gasteiger partial charge on any atom is -0.305 e. The van der Waals surface area contributed by atoms with Gasteiger partial charge in [-0.3, -0.25) is 9.36 Å². The van der Waals surface area contributed by atoms with Crippen LogP contribution in [0.15, 0.2) is 29.3 Å². The van der Waals surface area contributed by atoms with Gasteiger partial charge in [-0.05, 0) is 39.6 Å². The van der Waals surface area contributed by atoms with Crippen LogP contribution in [0.1, 0.15) is 18.9 Å². The third kappa shape index (κ3) is 2.84. The van der Waals surface area contributed by atoms with Crippen LogP contribution in [0.5, 0.6) is 0 Å². The molecular weight excluding hydrogens is 238 g/mol. The molecule has 0 N–H and O–H groups in total. The Morgan fingerprint density at radius 2 is 2.11 bits per heavy atom. The largest absolute Gasteiger partial charge is 0.305 e. The van der Waals surface area contributed by atoms with E-state index < -0.39 is 0 Å². The Hall–Kier alpha value is -1.68. The van der Waals surface area contributed by atoms with Crippen LogP contribution in [0, 0.1) is 6.92 Å². The molecule has 4 nitrogen and oxygen atoms in total. The van der Waals surface area contributed by atoms with Gasteiger partial charge in [0, 0.05) is 12.6 Å². The first-order chi connectivity index (χ1) is 9.02. The summed E-state index contributed by atoms with van der Waals surface area (Å²) in [5.41, 5.74) is 1.91. The van der Waals surface area contributed by atoms with Crippen LogP contribution in [0.3, 0.4) is 0 Å². The fraction of sp³-hybridized carbons (Fsp3) is 0.467. The van der Waals surface area contributed by atoms with Crippen molar-refractivity contribution in [1.29, 1.82) is 0 Å². The summed E-state index contributed by atoms with van der Waals surface area (Å²) in [4.78, 5) is 19.0. The molecule has 1 atom stereocenters. The maximum Gasteiger partial charge on any atom is 0.261 e. The molecule has 0 saturated carbocycles. The third-order valence-electron chi connectivity index (χ3n) is 3.59. The van der Waals surface area contributed by atoms with Crippen LogP contribution < -0.4 is 5.56 Å². The molecule has 2 aromatic rings. The summed E-state index contributed by atoms with van der Waals surface area (Å²) in [6.45, 7) is 4.80. The topological polar surface area (TPSA) is 38.1 Å². The monoisotopic (exact) mass is 259 g/mol. The number of hydrogen-bond acceptors (Lipinski definition) is 3. The van der Waals surface area contributed by atoms with E-state index in [0.717, 1.165) is 17.5 Å². The van der Waals surface area contributed by atoms with Crippen molar-refractivity contribution in [1.82, 2.24) is 14.5 Å². The summed E-state index contributed by atoms with van der Waals surface area (Å²) in [5.74, 6) is 0. The Kier molecular flexibility index (Phi) is 4.00. The zero-order valence-electron chi connectivity index (χ0n) is 12.1. The average molecular weight is 259 g/mol. The van der Waals surface area contributed by atoms with E-state index >= 15 is 0 Å². The van der Waals surface area contributed by atoms with E-state index in [0.29, 0.717) is 18.0 Å². The number of likely N-dealkylation sites (N-methyl/N-ethyl adjacent to an activating group) is 1. The zero-order chi connectivity index (χ0) is 14.0. The summed E-state index contributed by atoms with van der Waals surface area (Å²) < 4.78 is 1.72. The lowest BCUT2D eigenvalue weighted by Gasteiger charge is -2.23. The first-order valence-corrected chi connectivity index (χ1v) is 6.65. The van der Waals surface area contributed by atoms with Gasteiger partial charge in [0.05, 0.1) is 17.2 Å². The first-order valence-electron chi connectivity index (χ1n) is 6.65. The quantitative estimate of drug-likeness (QED) is 0.843. The fourth-order valence-electron chi connectivity index (χ4n) is 2.29. The molecule has 1 aromatic heterocycles. The molecule has 0 radical (unpaired) electrons. The lowest BCUT2D eigenvalue weighted by atomic mass is 10.1. The second-order valence-electron chi connectivity index (χ2n) is 5.25. The number of rotatable bonds is 4. The standard InChI is InChI=1S/C15H21N3O/c1-5-12(17(3)4)9-18-10-16-14-7-6-11(2)8-13(14)15(18)19/h6-8,10,12H,5,9H2,1-4H3/t12-/m0/s1. The highest BCUT2D eigenvalue weighted by molar-refractivity contribution is 5.77. The van der Waals surface area contributed by atoms with E-state index in [-0.39, 0.29) is 5.56 Å². The van der Waals surface area contributed by atoms with E-state index in [1.54, 1.807) is 10.9 Å². The summed E-state index contributed by atoms with van der Waals surface area (Å²) in [7, 11) is 4.08. The van der Waals surface area contributed by atoms with Crippen molar-refractivity contribution in [2.24, 2.45) is 0 Å². The lowest BCUT2D eigenvalue weighted by Crippen LogP contribution is -2.35. The Morgan fingerprint density at radius 1 is 1.37 bits per heavy atom. The molecule has 1 aromatic carbocycles. The van der Waals surface area contributed by atoms with Crippen LogP contribution in [0.4, 0.5) is 0 Å². The minimum atomic E-state index is 0.0500. The molecule has 0 unspecified atom stereocenters. The molecule has 0 aliphatic rings. The zero-order valence-corrected chi connectivity index (χ0v) is 12.1. The number of fused-ring (bicyclic) bond motifs is 1. The van der Waals surface area contributed by atoms with Gasteiger partial charge in [0.1, 0.15) is 0 Å². The van der Waals surface area contributed by atoms with E-state index in [1.807, 2.05) is 39.2 Å². The maximum atomic E-state index is 12.5. The molecule has 0 saturated heterocycles. The van der Waals surface area contributed by atoms with Crippen LogP contribution >= 0.6 is 0 Å². The molecule has 0 spiro atoms. The van der Waals surface area contributed by atoms with Crippen molar-refractivity contribution < 1.29 is 0 Å². The number of aryl methyl sites for hydroxylation is 1. The van der Waals surface area contributed by atoms with E-state index in [4.69, 9.17) is 0 Å². The molecule has 1 heterocycles. The van der Waals surface area contributed by atoms with Crippen LogP contribution in [0.2, 0.25) is 0 Å². The Morgan fingerprint density at radius 3 is 2.74 bits per heavy atom. The van der Waals surface area contributed by atoms with Gasteiger partial charge in [-0.2, -0.15) is 0 Å². The van der Waals surface area contributed by atoms with Gasteiger partial charge in [-0.1, -0.05) is 18.6 Å². The third-order valence-corrected chi connectivity index (χ3v) is 3.59. The van der Waals surface area contributed by atoms with Crippen molar-refractivity contribution in [3.05, 3.63) is 40.4 Å². The molecule has 102 valence electrons. The van der Waals surface area contributed by atoms with Gasteiger partial charge in [-0.25, -0.2) is 4.98 Å². The summed E-state index contributed by atoms with van der Waals surface area (Å²) >= 11 is 0. The van der Waals surface area contributed by atoms with Gasteiger partial charge in [0.25, 0.3) is 5.56 Å². The van der Waals surface area contributed by atoms with Gasteiger partial charge < -0.3 is 4.90 Å². The van der Waals surface area contributed by atoms with Crippen LogP contribution in [0.25, 0.3) is 10.9 Å². The fourth-order valence-corrected chi connectivity index (χ4v) is 2.29. The number of hydrogen-bond donors (Lipinski definition) is 0. The average Bonchev–Trinajstić information content (AvgIpc) is 2.38. The highest BCUT2D eigenvalue weighted by Gasteiger charge is 2.12. The van der Waals surface area contributed by atoms with Gasteiger partial charge in [0.15, 0.2) is 0 Å². The van der Waals surface area contributed by atoms with Crippen molar-refractivity contribution in [2.45, 2.75) is 32.9 Å². The predicted octanol–water partition coefficient (Wildman–Crippen LogP) is 2.05. The maximum absolute atomic E-state index is 12.5. The van der Waals surface area contributed by atoms with Gasteiger partial charge >= 0.3 is 0 Å². The van der Waals surface area contributed by atoms with Gasteiger partial charge in [0.2, 0.25) is 0 Å². The second-order valence-corrected chi connectivity index (χ2v) is 5.25. The van der Waals surface area contributed by atoms with E-state index in [2.05, 4.69) is 16.8 Å². The van der Waals surface area contributed by atoms with Crippen molar-refractivity contribution >= 4 is 10.9 Å². The van der Waals surface area contributed by atoms with Crippen molar-refractivity contribution in [2.75, 3.05) is 14.1 Å². The Labute approximate surface area is 113 Å². The lowest BCUT2D eigenvalue weighted by molar-refractivity contribution is 0.255. The molecular formula is C15H21N3O. The van der Waals surface area contributed by atoms with E-state index in [1.165, 1.54) is 0 Å². The molecule has 0 fully saturated rings. The molecule has 0 aliphatic heterocycles. The Balaban J connectivity index is 2.45. The molecule has 2 rings (SSSR count). The summed E-state index contributed by atoms with van der Waals surface area (Å²) in [6.07, 6.45) is 2.66. The summed E-state index contributed by atoms with van der Waals surface area (Å²) in [5, 5.41) is 0.705. The number of nitrogens with zero attached hydrogens (tertiary/aromatic N) is 3. The highest BCUT2D eigenvalue weighted by Crippen LogP contribution is 2.09. The number of benzene rings is 1. The molecule has 0 aliphatic carbocycles. The summed E-state index contributed by atoms with van der Waals surface area (Å²) in [6, 6.07) is 6.15. The number of aromatic nitrogens is 2. The normalized spacial score (nSPS) is 13.1. The SMILES string of the molecule is CC[C@@H](Cn1cnc2ccc(C)cc2c1=O)N(C)C. The highest BCUT2D eigenvalue weighted by atomic mass is 16.1. The molecule has 4 heteroatoms. The molecule has 19 heavy (non-hydrogen) atoms. The predicted molar refractivity (Wildman–Crippen MR) is 78.5 cm³/mol. The van der Waals surface area contributed by atoms with Crippen molar-refractivity contribution in [3.63, 3.8) is 0 Å². The van der Waals surface area contributed by atoms with Gasteiger partial charge in [-0.15, -0.1) is 0 Å². The minimum absolute atomic E-state index is 0.0500. The van der Waals surface area contributed by atoms with Crippen molar-refractivity contribution in [3.8, 4) is 0 Å². The Bertz CT molecular complexity index is 631.